The van der Waals surface area contributed by atoms with Crippen molar-refractivity contribution in [1.29, 1.82) is 0 Å². The number of hydrogen-bond donors (Lipinski definition) is 3. The van der Waals surface area contributed by atoms with Crippen LogP contribution in [0.3, 0.4) is 0 Å². The molecule has 1 aliphatic heterocycles. The minimum absolute atomic E-state index is 0.0653. The first-order valence-electron chi connectivity index (χ1n) is 7.45. The molecular formula is C15H19N3O5S. The van der Waals surface area contributed by atoms with Crippen LogP contribution in [0.2, 0.25) is 0 Å². The molecule has 1 fully saturated rings. The van der Waals surface area contributed by atoms with Crippen LogP contribution >= 0.6 is 0 Å². The first-order valence-corrected chi connectivity index (χ1v) is 9.27. The topological polar surface area (TPSA) is 121 Å². The van der Waals surface area contributed by atoms with Gasteiger partial charge in [0.05, 0.1) is 24.6 Å². The van der Waals surface area contributed by atoms with Crippen LogP contribution in [0.25, 0.3) is 0 Å². The summed E-state index contributed by atoms with van der Waals surface area (Å²) in [6.07, 6.45) is 0.384. The Bertz CT molecular complexity index is 718. The first kappa shape index (κ1) is 17.9. The molecule has 1 aromatic rings. The molecule has 3 N–H and O–H groups in total. The van der Waals surface area contributed by atoms with Crippen LogP contribution in [-0.2, 0) is 19.4 Å². The van der Waals surface area contributed by atoms with Crippen LogP contribution in [0.1, 0.15) is 16.8 Å². The third-order valence-corrected chi connectivity index (χ3v) is 5.26. The van der Waals surface area contributed by atoms with Gasteiger partial charge in [0.15, 0.2) is 9.84 Å². The molecule has 3 amide bonds. The van der Waals surface area contributed by atoms with Gasteiger partial charge in [0.25, 0.3) is 5.91 Å². The van der Waals surface area contributed by atoms with Gasteiger partial charge in [0.2, 0.25) is 11.8 Å². The third-order valence-electron chi connectivity index (χ3n) is 3.49. The molecule has 0 bridgehead atoms. The van der Waals surface area contributed by atoms with E-state index in [0.717, 1.165) is 0 Å². The zero-order valence-electron chi connectivity index (χ0n) is 12.9. The van der Waals surface area contributed by atoms with Crippen molar-refractivity contribution < 1.29 is 22.8 Å². The van der Waals surface area contributed by atoms with Crippen molar-refractivity contribution in [1.82, 2.24) is 16.0 Å². The molecule has 0 saturated carbocycles. The predicted molar refractivity (Wildman–Crippen MR) is 87.0 cm³/mol. The number of rotatable bonds is 6. The van der Waals surface area contributed by atoms with Crippen molar-refractivity contribution in [2.24, 2.45) is 0 Å². The predicted octanol–water partition coefficient (Wildman–Crippen LogP) is -1.16. The number of sulfone groups is 1. The van der Waals surface area contributed by atoms with Gasteiger partial charge in [0, 0.05) is 11.6 Å². The van der Waals surface area contributed by atoms with Gasteiger partial charge in [-0.25, -0.2) is 8.42 Å². The van der Waals surface area contributed by atoms with Gasteiger partial charge in [0.1, 0.15) is 0 Å². The second-order valence-electron chi connectivity index (χ2n) is 5.49. The van der Waals surface area contributed by atoms with Crippen molar-refractivity contribution in [2.45, 2.75) is 12.5 Å². The van der Waals surface area contributed by atoms with Gasteiger partial charge in [-0.05, 0) is 18.6 Å². The lowest BCUT2D eigenvalue weighted by molar-refractivity contribution is -0.125. The SMILES string of the molecule is O=C(CNC(=O)c1ccccc1)NCC(=O)N[C@H]1CCS(=O)(=O)C1. The summed E-state index contributed by atoms with van der Waals surface area (Å²) in [5, 5.41) is 7.37. The number of hydrogen-bond acceptors (Lipinski definition) is 5. The van der Waals surface area contributed by atoms with Crippen molar-refractivity contribution in [2.75, 3.05) is 24.6 Å². The molecule has 1 aromatic carbocycles. The maximum atomic E-state index is 11.8. The fourth-order valence-corrected chi connectivity index (χ4v) is 3.95. The lowest BCUT2D eigenvalue weighted by Gasteiger charge is -2.11. The summed E-state index contributed by atoms with van der Waals surface area (Å²) in [6.45, 7) is -0.518. The number of nitrogens with one attached hydrogen (secondary N) is 3. The lowest BCUT2D eigenvalue weighted by atomic mass is 10.2. The largest absolute Gasteiger partial charge is 0.351 e. The monoisotopic (exact) mass is 353 g/mol. The molecule has 130 valence electrons. The molecule has 0 aromatic heterocycles. The van der Waals surface area contributed by atoms with Crippen LogP contribution in [0, 0.1) is 0 Å². The minimum atomic E-state index is -3.07. The third kappa shape index (κ3) is 5.65. The van der Waals surface area contributed by atoms with E-state index >= 15 is 0 Å². The lowest BCUT2D eigenvalue weighted by Crippen LogP contribution is -2.44. The summed E-state index contributed by atoms with van der Waals surface area (Å²) >= 11 is 0. The summed E-state index contributed by atoms with van der Waals surface area (Å²) in [4.78, 5) is 35.0. The van der Waals surface area contributed by atoms with Crippen molar-refractivity contribution in [3.63, 3.8) is 0 Å². The molecule has 9 heteroatoms. The number of carbonyl (C=O) groups is 3. The number of carbonyl (C=O) groups excluding carboxylic acids is 3. The maximum absolute atomic E-state index is 11.8. The molecule has 0 aliphatic carbocycles. The zero-order chi connectivity index (χ0) is 17.6. The standard InChI is InChI=1S/C15H19N3O5S/c19-13(8-17-15(21)11-4-2-1-3-5-11)16-9-14(20)18-12-6-7-24(22,23)10-12/h1-5,12H,6-10H2,(H,16,19)(H,17,21)(H,18,20)/t12-/m0/s1. The van der Waals surface area contributed by atoms with Crippen LogP contribution in [0.4, 0.5) is 0 Å². The van der Waals surface area contributed by atoms with Gasteiger partial charge in [-0.15, -0.1) is 0 Å². The van der Waals surface area contributed by atoms with E-state index in [2.05, 4.69) is 16.0 Å². The summed E-state index contributed by atoms with van der Waals surface area (Å²) in [7, 11) is -3.07. The highest BCUT2D eigenvalue weighted by Gasteiger charge is 2.28. The van der Waals surface area contributed by atoms with E-state index in [4.69, 9.17) is 0 Å². The maximum Gasteiger partial charge on any atom is 0.251 e. The molecule has 1 heterocycles. The molecule has 1 saturated heterocycles. The van der Waals surface area contributed by atoms with Gasteiger partial charge in [-0.2, -0.15) is 0 Å². The molecule has 8 nitrogen and oxygen atoms in total. The normalized spacial score (nSPS) is 18.6. The van der Waals surface area contributed by atoms with Gasteiger partial charge in [-0.1, -0.05) is 18.2 Å². The van der Waals surface area contributed by atoms with E-state index in [1.54, 1.807) is 30.3 Å². The fourth-order valence-electron chi connectivity index (χ4n) is 2.28. The Hall–Kier alpha value is -2.42. The molecule has 0 unspecified atom stereocenters. The molecule has 24 heavy (non-hydrogen) atoms. The van der Waals surface area contributed by atoms with Crippen LogP contribution in [0.15, 0.2) is 30.3 Å². The van der Waals surface area contributed by atoms with E-state index < -0.39 is 27.7 Å². The minimum Gasteiger partial charge on any atom is -0.351 e. The Morgan fingerprint density at radius 3 is 2.29 bits per heavy atom. The van der Waals surface area contributed by atoms with Crippen LogP contribution in [-0.4, -0.2) is 56.8 Å². The summed E-state index contributed by atoms with van der Waals surface area (Å²) in [5.41, 5.74) is 0.436. The van der Waals surface area contributed by atoms with Crippen LogP contribution < -0.4 is 16.0 Å². The van der Waals surface area contributed by atoms with Crippen LogP contribution in [0.5, 0.6) is 0 Å². The van der Waals surface area contributed by atoms with Crippen molar-refractivity contribution >= 4 is 27.6 Å². The molecular weight excluding hydrogens is 334 g/mol. The smallest absolute Gasteiger partial charge is 0.251 e. The second kappa shape index (κ2) is 7.91. The molecule has 0 radical (unpaired) electrons. The fraction of sp³-hybridized carbons (Fsp3) is 0.400. The summed E-state index contributed by atoms with van der Waals surface area (Å²) in [6, 6.07) is 8.03. The summed E-state index contributed by atoms with van der Waals surface area (Å²) < 4.78 is 22.6. The Balaban J connectivity index is 1.66. The van der Waals surface area contributed by atoms with Gasteiger partial charge < -0.3 is 16.0 Å². The quantitative estimate of drug-likeness (QED) is 0.595. The molecule has 1 aliphatic rings. The average molecular weight is 353 g/mol. The highest BCUT2D eigenvalue weighted by Crippen LogP contribution is 2.10. The van der Waals surface area contributed by atoms with E-state index in [0.29, 0.717) is 12.0 Å². The second-order valence-corrected chi connectivity index (χ2v) is 7.72. The van der Waals surface area contributed by atoms with Gasteiger partial charge in [-0.3, -0.25) is 14.4 Å². The van der Waals surface area contributed by atoms with Crippen molar-refractivity contribution in [3.8, 4) is 0 Å². The molecule has 1 atom stereocenters. The molecule has 0 spiro atoms. The first-order chi connectivity index (χ1) is 11.4. The Morgan fingerprint density at radius 2 is 1.67 bits per heavy atom. The van der Waals surface area contributed by atoms with E-state index in [-0.39, 0.29) is 30.5 Å². The molecule has 2 rings (SSSR count). The van der Waals surface area contributed by atoms with Gasteiger partial charge >= 0.3 is 0 Å². The van der Waals surface area contributed by atoms with E-state index in [1.807, 2.05) is 0 Å². The van der Waals surface area contributed by atoms with E-state index in [1.165, 1.54) is 0 Å². The Morgan fingerprint density at radius 1 is 1.00 bits per heavy atom. The number of amides is 3. The average Bonchev–Trinajstić information content (AvgIpc) is 2.90. The summed E-state index contributed by atoms with van der Waals surface area (Å²) in [5.74, 6) is -1.35. The zero-order valence-corrected chi connectivity index (χ0v) is 13.8. The highest BCUT2D eigenvalue weighted by atomic mass is 32.2. The Kier molecular flexibility index (Phi) is 5.91. The Labute approximate surface area is 139 Å². The number of benzene rings is 1. The van der Waals surface area contributed by atoms with E-state index in [9.17, 15) is 22.8 Å². The highest BCUT2D eigenvalue weighted by molar-refractivity contribution is 7.91. The van der Waals surface area contributed by atoms with Crippen molar-refractivity contribution in [3.05, 3.63) is 35.9 Å².